The van der Waals surface area contributed by atoms with Gasteiger partial charge in [-0.25, -0.2) is 4.98 Å². The minimum Gasteiger partial charge on any atom is -0.333 e. The van der Waals surface area contributed by atoms with Crippen molar-refractivity contribution >= 4 is 0 Å². The Bertz CT molecular complexity index is 590. The molecule has 0 aliphatic rings. The van der Waals surface area contributed by atoms with Gasteiger partial charge in [-0.15, -0.1) is 0 Å². The molecule has 1 atom stereocenters. The fraction of sp³-hybridized carbons (Fsp3) is 0.400. The van der Waals surface area contributed by atoms with Gasteiger partial charge >= 0.3 is 6.18 Å². The summed E-state index contributed by atoms with van der Waals surface area (Å²) in [6.07, 6.45) is -0.810. The fourth-order valence-electron chi connectivity index (χ4n) is 2.26. The van der Waals surface area contributed by atoms with E-state index in [1.807, 2.05) is 24.6 Å². The van der Waals surface area contributed by atoms with Crippen molar-refractivity contribution in [3.05, 3.63) is 53.6 Å². The van der Waals surface area contributed by atoms with Crippen molar-refractivity contribution in [3.63, 3.8) is 0 Å². The number of rotatable bonds is 5. The summed E-state index contributed by atoms with van der Waals surface area (Å²) in [7, 11) is 0. The summed E-state index contributed by atoms with van der Waals surface area (Å²) >= 11 is 0. The van der Waals surface area contributed by atoms with Gasteiger partial charge in [0.25, 0.3) is 0 Å². The summed E-state index contributed by atoms with van der Waals surface area (Å²) in [5.41, 5.74) is 0.00466. The van der Waals surface area contributed by atoms with E-state index in [2.05, 4.69) is 10.3 Å². The van der Waals surface area contributed by atoms with Crippen LogP contribution in [0, 0.1) is 6.92 Å². The van der Waals surface area contributed by atoms with Crippen molar-refractivity contribution in [2.45, 2.75) is 32.6 Å². The third kappa shape index (κ3) is 3.85. The number of hydrogen-bond acceptors (Lipinski definition) is 2. The minimum absolute atomic E-state index is 0.190. The van der Waals surface area contributed by atoms with E-state index in [9.17, 15) is 13.2 Å². The summed E-state index contributed by atoms with van der Waals surface area (Å²) < 4.78 is 40.4. The maximum Gasteiger partial charge on any atom is 0.416 e. The van der Waals surface area contributed by atoms with Crippen LogP contribution >= 0.6 is 0 Å². The molecule has 0 aliphatic heterocycles. The number of aromatic nitrogens is 2. The highest BCUT2D eigenvalue weighted by molar-refractivity contribution is 5.28. The first-order valence-corrected chi connectivity index (χ1v) is 6.80. The first-order valence-electron chi connectivity index (χ1n) is 6.80. The second kappa shape index (κ2) is 6.30. The Labute approximate surface area is 121 Å². The lowest BCUT2D eigenvalue weighted by molar-refractivity contribution is -0.137. The minimum atomic E-state index is -4.32. The van der Waals surface area contributed by atoms with Gasteiger partial charge in [-0.3, -0.25) is 0 Å². The molecule has 2 aromatic rings. The largest absolute Gasteiger partial charge is 0.416 e. The van der Waals surface area contributed by atoms with Gasteiger partial charge in [0.05, 0.1) is 11.6 Å². The van der Waals surface area contributed by atoms with Crippen LogP contribution in [0.2, 0.25) is 0 Å². The molecule has 0 fully saturated rings. The molecule has 3 nitrogen and oxygen atoms in total. The Kier molecular flexibility index (Phi) is 4.67. The highest BCUT2D eigenvalue weighted by Gasteiger charge is 2.31. The highest BCUT2D eigenvalue weighted by atomic mass is 19.4. The zero-order chi connectivity index (χ0) is 15.5. The van der Waals surface area contributed by atoms with E-state index in [4.69, 9.17) is 0 Å². The maximum absolute atomic E-state index is 12.8. The monoisotopic (exact) mass is 297 g/mol. The lowest BCUT2D eigenvalue weighted by atomic mass is 10.0. The molecule has 0 saturated carbocycles. The molecule has 1 heterocycles. The number of nitrogens with zero attached hydrogens (tertiary/aromatic N) is 2. The molecule has 0 radical (unpaired) electrons. The highest BCUT2D eigenvalue weighted by Crippen LogP contribution is 2.31. The van der Waals surface area contributed by atoms with E-state index < -0.39 is 11.7 Å². The lowest BCUT2D eigenvalue weighted by Crippen LogP contribution is -2.26. The van der Waals surface area contributed by atoms with E-state index in [0.717, 1.165) is 11.9 Å². The Morgan fingerprint density at radius 2 is 2.10 bits per heavy atom. The molecule has 0 bridgehead atoms. The summed E-state index contributed by atoms with van der Waals surface area (Å²) in [5, 5.41) is 3.23. The number of nitrogens with one attached hydrogen (secondary N) is 1. The number of imidazole rings is 1. The zero-order valence-corrected chi connectivity index (χ0v) is 12.0. The van der Waals surface area contributed by atoms with Crippen molar-refractivity contribution in [1.82, 2.24) is 14.9 Å². The molecule has 0 aliphatic carbocycles. The number of halogens is 3. The van der Waals surface area contributed by atoms with Gasteiger partial charge < -0.3 is 9.88 Å². The summed E-state index contributed by atoms with van der Waals surface area (Å²) in [5.74, 6) is 0.838. The Hall–Kier alpha value is -1.82. The predicted octanol–water partition coefficient (Wildman–Crippen LogP) is 3.56. The number of aryl methyl sites for hydroxylation is 1. The first kappa shape index (κ1) is 15.6. The molecule has 1 aromatic carbocycles. The van der Waals surface area contributed by atoms with Gasteiger partial charge in [-0.2, -0.15) is 13.2 Å². The van der Waals surface area contributed by atoms with Gasteiger partial charge in [0.1, 0.15) is 5.82 Å². The van der Waals surface area contributed by atoms with Crippen molar-refractivity contribution in [2.24, 2.45) is 0 Å². The standard InChI is InChI=1S/C15H18F3N3/c1-3-19-14(10-21-8-7-20-11(21)2)12-5-4-6-13(9-12)15(16,17)18/h4-9,14,19H,3,10H2,1-2H3. The van der Waals surface area contributed by atoms with E-state index >= 15 is 0 Å². The molecule has 114 valence electrons. The van der Waals surface area contributed by atoms with Gasteiger partial charge in [0.2, 0.25) is 0 Å². The zero-order valence-electron chi connectivity index (χ0n) is 12.0. The van der Waals surface area contributed by atoms with Gasteiger partial charge in [0.15, 0.2) is 0 Å². The van der Waals surface area contributed by atoms with Crippen molar-refractivity contribution in [3.8, 4) is 0 Å². The summed E-state index contributed by atoms with van der Waals surface area (Å²) in [6.45, 7) is 5.02. The van der Waals surface area contributed by atoms with Crippen LogP contribution in [0.5, 0.6) is 0 Å². The Morgan fingerprint density at radius 1 is 1.33 bits per heavy atom. The van der Waals surface area contributed by atoms with Crippen molar-refractivity contribution < 1.29 is 13.2 Å². The van der Waals surface area contributed by atoms with E-state index in [-0.39, 0.29) is 6.04 Å². The van der Waals surface area contributed by atoms with Crippen LogP contribution in [0.4, 0.5) is 13.2 Å². The number of benzene rings is 1. The molecule has 1 N–H and O–H groups in total. The van der Waals surface area contributed by atoms with Crippen molar-refractivity contribution in [2.75, 3.05) is 6.54 Å². The molecule has 0 spiro atoms. The third-order valence-electron chi connectivity index (χ3n) is 3.37. The number of hydrogen-bond donors (Lipinski definition) is 1. The second-order valence-electron chi connectivity index (χ2n) is 4.86. The topological polar surface area (TPSA) is 29.9 Å². The summed E-state index contributed by atoms with van der Waals surface area (Å²) in [4.78, 5) is 4.14. The molecule has 0 amide bonds. The van der Waals surface area contributed by atoms with Gasteiger partial charge in [-0.05, 0) is 31.2 Å². The molecule has 6 heteroatoms. The van der Waals surface area contributed by atoms with Crippen LogP contribution in [0.1, 0.15) is 29.9 Å². The smallest absolute Gasteiger partial charge is 0.333 e. The average Bonchev–Trinajstić information content (AvgIpc) is 2.83. The van der Waals surface area contributed by atoms with Crippen LogP contribution in [-0.2, 0) is 12.7 Å². The fourth-order valence-corrected chi connectivity index (χ4v) is 2.26. The van der Waals surface area contributed by atoms with E-state index in [0.29, 0.717) is 18.7 Å². The van der Waals surface area contributed by atoms with Crippen LogP contribution in [0.15, 0.2) is 36.7 Å². The average molecular weight is 297 g/mol. The molecule has 1 unspecified atom stereocenters. The quantitative estimate of drug-likeness (QED) is 0.914. The van der Waals surface area contributed by atoms with Gasteiger partial charge in [0, 0.05) is 18.9 Å². The van der Waals surface area contributed by atoms with Crippen LogP contribution in [0.3, 0.4) is 0 Å². The number of alkyl halides is 3. The molecular formula is C15H18F3N3. The van der Waals surface area contributed by atoms with Crippen LogP contribution in [0.25, 0.3) is 0 Å². The van der Waals surface area contributed by atoms with Gasteiger partial charge in [-0.1, -0.05) is 19.1 Å². The number of likely N-dealkylation sites (N-methyl/N-ethyl adjacent to an activating group) is 1. The lowest BCUT2D eigenvalue weighted by Gasteiger charge is -2.21. The molecule has 1 aromatic heterocycles. The normalized spacial score (nSPS) is 13.4. The second-order valence-corrected chi connectivity index (χ2v) is 4.86. The Morgan fingerprint density at radius 3 is 2.67 bits per heavy atom. The summed E-state index contributed by atoms with van der Waals surface area (Å²) in [6, 6.07) is 5.28. The first-order chi connectivity index (χ1) is 9.91. The van der Waals surface area contributed by atoms with Crippen LogP contribution < -0.4 is 5.32 Å². The van der Waals surface area contributed by atoms with Crippen molar-refractivity contribution in [1.29, 1.82) is 0 Å². The predicted molar refractivity (Wildman–Crippen MR) is 74.8 cm³/mol. The molecular weight excluding hydrogens is 279 g/mol. The Balaban J connectivity index is 2.28. The molecule has 2 rings (SSSR count). The SMILES string of the molecule is CCNC(Cn1ccnc1C)c1cccc(C(F)(F)F)c1. The maximum atomic E-state index is 12.8. The van der Waals surface area contributed by atoms with E-state index in [1.165, 1.54) is 12.1 Å². The van der Waals surface area contributed by atoms with Crippen LogP contribution in [-0.4, -0.2) is 16.1 Å². The molecule has 0 saturated heterocycles. The third-order valence-corrected chi connectivity index (χ3v) is 3.37. The van der Waals surface area contributed by atoms with E-state index in [1.54, 1.807) is 12.3 Å². The molecule has 21 heavy (non-hydrogen) atoms.